The van der Waals surface area contributed by atoms with Gasteiger partial charge in [-0.05, 0) is 43.3 Å². The highest BCUT2D eigenvalue weighted by atomic mass is 35.5. The van der Waals surface area contributed by atoms with Gasteiger partial charge in [0, 0.05) is 17.5 Å². The molecule has 30 heavy (non-hydrogen) atoms. The van der Waals surface area contributed by atoms with Crippen LogP contribution >= 0.6 is 11.6 Å². The molecule has 0 unspecified atom stereocenters. The predicted octanol–water partition coefficient (Wildman–Crippen LogP) is 4.94. The van der Waals surface area contributed by atoms with Gasteiger partial charge in [0.2, 0.25) is 0 Å². The molecule has 1 N–H and O–H groups in total. The largest absolute Gasteiger partial charge is 0.455 e. The summed E-state index contributed by atoms with van der Waals surface area (Å²) >= 11 is 6.14. The van der Waals surface area contributed by atoms with E-state index >= 15 is 0 Å². The van der Waals surface area contributed by atoms with Crippen molar-refractivity contribution >= 4 is 34.0 Å². The molecule has 3 aromatic carbocycles. The Hall–Kier alpha value is -3.64. The number of carbonyl (C=O) groups excluding carboxylic acids is 1. The molecule has 1 aromatic heterocycles. The summed E-state index contributed by atoms with van der Waals surface area (Å²) in [6.45, 7) is 1.99. The number of aryl methyl sites for hydroxylation is 2. The van der Waals surface area contributed by atoms with Gasteiger partial charge in [-0.3, -0.25) is 9.59 Å². The first kappa shape index (κ1) is 19.7. The summed E-state index contributed by atoms with van der Waals surface area (Å²) in [6.07, 6.45) is 0. The number of halogens is 1. The zero-order valence-electron chi connectivity index (χ0n) is 16.3. The second-order valence-corrected chi connectivity index (χ2v) is 7.27. The van der Waals surface area contributed by atoms with Crippen molar-refractivity contribution in [2.75, 3.05) is 5.32 Å². The smallest absolute Gasteiger partial charge is 0.276 e. The molecule has 1 amide bonds. The van der Waals surface area contributed by atoms with Gasteiger partial charge in [-0.2, -0.15) is 5.10 Å². The number of nitrogens with one attached hydrogen (secondary N) is 1. The molecular formula is C23H18ClN3O3. The lowest BCUT2D eigenvalue weighted by molar-refractivity contribution is 0.102. The standard InChI is InChI=1S/C23H18ClN3O3/c1-14-7-10-16(11-8-14)30-20-12-9-15(24)13-19(20)25-22(28)21-17-5-3-4-6-18(17)23(29)27(2)26-21/h3-13H,1-2H3,(H,25,28). The molecular weight excluding hydrogens is 402 g/mol. The molecule has 6 nitrogen and oxygen atoms in total. The molecule has 4 aromatic rings. The zero-order valence-corrected chi connectivity index (χ0v) is 17.1. The predicted molar refractivity (Wildman–Crippen MR) is 118 cm³/mol. The first-order valence-electron chi connectivity index (χ1n) is 9.24. The first-order valence-corrected chi connectivity index (χ1v) is 9.61. The fourth-order valence-corrected chi connectivity index (χ4v) is 3.24. The van der Waals surface area contributed by atoms with E-state index in [-0.39, 0.29) is 11.3 Å². The molecule has 0 radical (unpaired) electrons. The molecule has 4 rings (SSSR count). The Bertz CT molecular complexity index is 1310. The molecule has 7 heteroatoms. The quantitative estimate of drug-likeness (QED) is 0.508. The van der Waals surface area contributed by atoms with Gasteiger partial charge in [-0.15, -0.1) is 0 Å². The monoisotopic (exact) mass is 419 g/mol. The van der Waals surface area contributed by atoms with Crippen LogP contribution in [0.4, 0.5) is 5.69 Å². The highest BCUT2D eigenvalue weighted by Crippen LogP contribution is 2.32. The number of fused-ring (bicyclic) bond motifs is 1. The van der Waals surface area contributed by atoms with E-state index in [1.807, 2.05) is 31.2 Å². The summed E-state index contributed by atoms with van der Waals surface area (Å²) in [5.74, 6) is 0.590. The number of nitrogens with zero attached hydrogens (tertiary/aromatic N) is 2. The van der Waals surface area contributed by atoms with E-state index in [0.29, 0.717) is 33.0 Å². The van der Waals surface area contributed by atoms with Crippen LogP contribution in [0.2, 0.25) is 5.02 Å². The van der Waals surface area contributed by atoms with Gasteiger partial charge in [0.05, 0.1) is 11.1 Å². The summed E-state index contributed by atoms with van der Waals surface area (Å²) in [5, 5.41) is 8.31. The number of hydrogen-bond acceptors (Lipinski definition) is 4. The van der Waals surface area contributed by atoms with Crippen molar-refractivity contribution in [3.05, 3.63) is 93.4 Å². The van der Waals surface area contributed by atoms with Crippen LogP contribution in [0.3, 0.4) is 0 Å². The van der Waals surface area contributed by atoms with E-state index in [0.717, 1.165) is 10.2 Å². The van der Waals surface area contributed by atoms with Crippen molar-refractivity contribution in [3.63, 3.8) is 0 Å². The third-order valence-electron chi connectivity index (χ3n) is 4.61. The van der Waals surface area contributed by atoms with E-state index in [4.69, 9.17) is 16.3 Å². The number of aromatic nitrogens is 2. The molecule has 1 heterocycles. The van der Waals surface area contributed by atoms with Gasteiger partial charge >= 0.3 is 0 Å². The van der Waals surface area contributed by atoms with Gasteiger partial charge in [0.25, 0.3) is 11.5 Å². The molecule has 0 saturated carbocycles. The number of ether oxygens (including phenoxy) is 1. The number of rotatable bonds is 4. The maximum Gasteiger partial charge on any atom is 0.276 e. The van der Waals surface area contributed by atoms with Crippen molar-refractivity contribution in [1.29, 1.82) is 0 Å². The molecule has 0 aliphatic carbocycles. The van der Waals surface area contributed by atoms with Gasteiger partial charge in [0.1, 0.15) is 5.75 Å². The number of hydrogen-bond donors (Lipinski definition) is 1. The Kier molecular flexibility index (Phi) is 5.25. The van der Waals surface area contributed by atoms with Crippen molar-refractivity contribution in [3.8, 4) is 11.5 Å². The fraction of sp³-hybridized carbons (Fsp3) is 0.0870. The van der Waals surface area contributed by atoms with Crippen LogP contribution in [0.15, 0.2) is 71.5 Å². The SMILES string of the molecule is Cc1ccc(Oc2ccc(Cl)cc2NC(=O)c2nn(C)c(=O)c3ccccc23)cc1. The minimum absolute atomic E-state index is 0.133. The van der Waals surface area contributed by atoms with Crippen LogP contribution in [0.5, 0.6) is 11.5 Å². The molecule has 0 saturated heterocycles. The Morgan fingerprint density at radius 3 is 2.47 bits per heavy atom. The molecule has 0 fully saturated rings. The van der Waals surface area contributed by atoms with Crippen LogP contribution < -0.4 is 15.6 Å². The summed E-state index contributed by atoms with van der Waals surface area (Å²) in [7, 11) is 1.51. The van der Waals surface area contributed by atoms with Crippen molar-refractivity contribution in [1.82, 2.24) is 9.78 Å². The minimum Gasteiger partial charge on any atom is -0.455 e. The molecule has 0 bridgehead atoms. The molecule has 0 aliphatic heterocycles. The average molecular weight is 420 g/mol. The summed E-state index contributed by atoms with van der Waals surface area (Å²) in [6, 6.07) is 19.4. The van der Waals surface area contributed by atoms with Gasteiger partial charge in [-0.1, -0.05) is 47.5 Å². The third kappa shape index (κ3) is 3.90. The topological polar surface area (TPSA) is 73.2 Å². The van der Waals surface area contributed by atoms with Crippen LogP contribution in [-0.4, -0.2) is 15.7 Å². The Labute approximate surface area is 177 Å². The second kappa shape index (κ2) is 8.00. The number of amides is 1. The number of anilines is 1. The highest BCUT2D eigenvalue weighted by Gasteiger charge is 2.18. The molecule has 150 valence electrons. The zero-order chi connectivity index (χ0) is 21.3. The van der Waals surface area contributed by atoms with Crippen molar-refractivity contribution < 1.29 is 9.53 Å². The van der Waals surface area contributed by atoms with E-state index in [2.05, 4.69) is 10.4 Å². The highest BCUT2D eigenvalue weighted by molar-refractivity contribution is 6.31. The van der Waals surface area contributed by atoms with Crippen LogP contribution in [0, 0.1) is 6.92 Å². The molecule has 0 aliphatic rings. The van der Waals surface area contributed by atoms with Crippen LogP contribution in [0.25, 0.3) is 10.8 Å². The van der Waals surface area contributed by atoms with E-state index in [1.165, 1.54) is 7.05 Å². The van der Waals surface area contributed by atoms with Crippen LogP contribution in [0.1, 0.15) is 16.1 Å². The lowest BCUT2D eigenvalue weighted by Crippen LogP contribution is -2.25. The lowest BCUT2D eigenvalue weighted by atomic mass is 10.1. The minimum atomic E-state index is -0.474. The molecule has 0 spiro atoms. The van der Waals surface area contributed by atoms with Crippen molar-refractivity contribution in [2.45, 2.75) is 6.92 Å². The maximum absolute atomic E-state index is 13.1. The average Bonchev–Trinajstić information content (AvgIpc) is 2.74. The Balaban J connectivity index is 1.71. The lowest BCUT2D eigenvalue weighted by Gasteiger charge is -2.14. The van der Waals surface area contributed by atoms with Gasteiger partial charge < -0.3 is 10.1 Å². The fourth-order valence-electron chi connectivity index (χ4n) is 3.07. The Morgan fingerprint density at radius 1 is 1.03 bits per heavy atom. The number of carbonyl (C=O) groups is 1. The second-order valence-electron chi connectivity index (χ2n) is 6.83. The summed E-state index contributed by atoms with van der Waals surface area (Å²) < 4.78 is 7.09. The van der Waals surface area contributed by atoms with E-state index < -0.39 is 5.91 Å². The van der Waals surface area contributed by atoms with E-state index in [1.54, 1.807) is 42.5 Å². The third-order valence-corrected chi connectivity index (χ3v) is 4.85. The summed E-state index contributed by atoms with van der Waals surface area (Å²) in [5.41, 5.74) is 1.37. The van der Waals surface area contributed by atoms with Gasteiger partial charge in [-0.25, -0.2) is 4.68 Å². The molecule has 0 atom stereocenters. The number of benzene rings is 3. The van der Waals surface area contributed by atoms with Gasteiger partial charge in [0.15, 0.2) is 11.4 Å². The van der Waals surface area contributed by atoms with E-state index in [9.17, 15) is 9.59 Å². The maximum atomic E-state index is 13.1. The van der Waals surface area contributed by atoms with Crippen LogP contribution in [-0.2, 0) is 7.05 Å². The Morgan fingerprint density at radius 2 is 1.73 bits per heavy atom. The van der Waals surface area contributed by atoms with Crippen molar-refractivity contribution in [2.24, 2.45) is 7.05 Å². The first-order chi connectivity index (χ1) is 14.4. The summed E-state index contributed by atoms with van der Waals surface area (Å²) in [4.78, 5) is 25.4. The normalized spacial score (nSPS) is 10.8.